The van der Waals surface area contributed by atoms with Gasteiger partial charge in [0.1, 0.15) is 0 Å². The molecule has 2 nitrogen and oxygen atoms in total. The Bertz CT molecular complexity index is 193. The molecule has 100 valence electrons. The fraction of sp³-hybridized carbons (Fsp3) is 0.929. The number of hydrogen-bond acceptors (Lipinski definition) is 2. The normalized spacial score (nSPS) is 10.9. The zero-order valence-corrected chi connectivity index (χ0v) is 12.1. The molecule has 0 aromatic carbocycles. The van der Waals surface area contributed by atoms with E-state index in [9.17, 15) is 9.36 Å². The summed E-state index contributed by atoms with van der Waals surface area (Å²) in [5, 5.41) is 0. The highest BCUT2D eigenvalue weighted by Gasteiger charge is 1.99. The van der Waals surface area contributed by atoms with Crippen LogP contribution in [0.5, 0.6) is 0 Å². The van der Waals surface area contributed by atoms with E-state index in [0.717, 1.165) is 12.8 Å². The molecule has 0 heterocycles. The van der Waals surface area contributed by atoms with Gasteiger partial charge in [0.15, 0.2) is 0 Å². The predicted octanol–water partition coefficient (Wildman–Crippen LogP) is 5.51. The molecule has 0 spiro atoms. The van der Waals surface area contributed by atoms with Crippen LogP contribution >= 0.6 is 8.46 Å². The first kappa shape index (κ1) is 16.8. The molecule has 0 rings (SSSR count). The van der Waals surface area contributed by atoms with Crippen LogP contribution in [0.15, 0.2) is 0 Å². The van der Waals surface area contributed by atoms with Crippen molar-refractivity contribution < 1.29 is 9.36 Å². The lowest BCUT2D eigenvalue weighted by Crippen LogP contribution is -1.87. The van der Waals surface area contributed by atoms with Crippen molar-refractivity contribution in [3.8, 4) is 0 Å². The van der Waals surface area contributed by atoms with Crippen molar-refractivity contribution in [2.24, 2.45) is 0 Å². The highest BCUT2D eigenvalue weighted by atomic mass is 31.1. The van der Waals surface area contributed by atoms with E-state index < -0.39 is 0 Å². The maximum atomic E-state index is 10.7. The van der Waals surface area contributed by atoms with Gasteiger partial charge in [-0.3, -0.25) is 9.36 Å². The second-order valence-electron chi connectivity index (χ2n) is 4.77. The fourth-order valence-corrected chi connectivity index (χ4v) is 2.24. The van der Waals surface area contributed by atoms with Crippen LogP contribution in [0.4, 0.5) is 0 Å². The Morgan fingerprint density at radius 1 is 0.765 bits per heavy atom. The molecule has 0 atom stereocenters. The van der Waals surface area contributed by atoms with E-state index in [-0.39, 0.29) is 14.0 Å². The molecule has 0 N–H and O–H groups in total. The summed E-state index contributed by atoms with van der Waals surface area (Å²) in [6.07, 6.45) is 14.6. The zero-order valence-electron chi connectivity index (χ0n) is 11.2. The van der Waals surface area contributed by atoms with Crippen molar-refractivity contribution in [1.82, 2.24) is 0 Å². The summed E-state index contributed by atoms with van der Waals surface area (Å²) in [5.74, 6) is 0. The zero-order chi connectivity index (χ0) is 12.8. The van der Waals surface area contributed by atoms with Gasteiger partial charge in [0.2, 0.25) is 14.0 Å². The van der Waals surface area contributed by atoms with Crippen molar-refractivity contribution >= 4 is 14.0 Å². The molecule has 0 aliphatic carbocycles. The average Bonchev–Trinajstić information content (AvgIpc) is 2.35. The van der Waals surface area contributed by atoms with Crippen molar-refractivity contribution in [1.29, 1.82) is 0 Å². The standard InChI is InChI=1S/C14H27O2P/c1-2-3-4-5-6-7-8-9-10-11-12-13-14(15)17-16/h2-13H2,1H3. The Labute approximate surface area is 108 Å². The Morgan fingerprint density at radius 3 is 1.59 bits per heavy atom. The van der Waals surface area contributed by atoms with Crippen LogP contribution in [-0.2, 0) is 9.36 Å². The smallest absolute Gasteiger partial charge is 0.231 e. The van der Waals surface area contributed by atoms with Crippen molar-refractivity contribution in [3.05, 3.63) is 0 Å². The van der Waals surface area contributed by atoms with Crippen LogP contribution in [0.25, 0.3) is 0 Å². The summed E-state index contributed by atoms with van der Waals surface area (Å²) in [7, 11) is -0.314. The van der Waals surface area contributed by atoms with Crippen molar-refractivity contribution in [3.63, 3.8) is 0 Å². The van der Waals surface area contributed by atoms with Gasteiger partial charge >= 0.3 is 0 Å². The van der Waals surface area contributed by atoms with E-state index in [0.29, 0.717) is 6.42 Å². The molecule has 0 radical (unpaired) electrons. The summed E-state index contributed by atoms with van der Waals surface area (Å²) < 4.78 is 10.2. The van der Waals surface area contributed by atoms with Crippen LogP contribution in [0, 0.1) is 0 Å². The van der Waals surface area contributed by atoms with E-state index in [2.05, 4.69) is 6.92 Å². The van der Waals surface area contributed by atoms with Gasteiger partial charge in [0.25, 0.3) is 0 Å². The second-order valence-corrected chi connectivity index (χ2v) is 5.45. The van der Waals surface area contributed by atoms with Crippen LogP contribution in [0.3, 0.4) is 0 Å². The van der Waals surface area contributed by atoms with Crippen molar-refractivity contribution in [2.45, 2.75) is 84.0 Å². The Balaban J connectivity index is 2.98. The first-order valence-corrected chi connectivity index (χ1v) is 7.98. The highest BCUT2D eigenvalue weighted by Crippen LogP contribution is 2.12. The lowest BCUT2D eigenvalue weighted by atomic mass is 10.1. The SMILES string of the molecule is CCCCCCCCCCCCCC(=O)P=O. The summed E-state index contributed by atoms with van der Waals surface area (Å²) >= 11 is 0. The van der Waals surface area contributed by atoms with Crippen LogP contribution in [0.1, 0.15) is 84.0 Å². The number of unbranched alkanes of at least 4 members (excludes halogenated alkanes) is 10. The minimum atomic E-state index is -0.314. The molecule has 0 aliphatic rings. The minimum absolute atomic E-state index is 0.152. The number of carbonyl (C=O) groups excluding carboxylic acids is 1. The molecule has 0 saturated heterocycles. The summed E-state index contributed by atoms with van der Waals surface area (Å²) in [5.41, 5.74) is -0.152. The second kappa shape index (κ2) is 13.8. The van der Waals surface area contributed by atoms with Gasteiger partial charge in [0.05, 0.1) is 0 Å². The molecule has 17 heavy (non-hydrogen) atoms. The van der Waals surface area contributed by atoms with Gasteiger partial charge in [-0.25, -0.2) is 0 Å². The highest BCUT2D eigenvalue weighted by molar-refractivity contribution is 7.46. The lowest BCUT2D eigenvalue weighted by Gasteiger charge is -2.01. The summed E-state index contributed by atoms with van der Waals surface area (Å²) in [6.45, 7) is 2.25. The van der Waals surface area contributed by atoms with Crippen molar-refractivity contribution in [2.75, 3.05) is 0 Å². The van der Waals surface area contributed by atoms with E-state index in [1.807, 2.05) is 0 Å². The molecule has 0 amide bonds. The van der Waals surface area contributed by atoms with Crippen LogP contribution in [-0.4, -0.2) is 5.52 Å². The maximum absolute atomic E-state index is 10.7. The van der Waals surface area contributed by atoms with Gasteiger partial charge in [0, 0.05) is 6.42 Å². The first-order valence-electron chi connectivity index (χ1n) is 7.17. The molecule has 0 aliphatic heterocycles. The first-order chi connectivity index (χ1) is 8.31. The summed E-state index contributed by atoms with van der Waals surface area (Å²) in [6, 6.07) is 0. The largest absolute Gasteiger partial charge is 0.286 e. The molecule has 0 saturated carbocycles. The number of carbonyl (C=O) groups is 1. The topological polar surface area (TPSA) is 34.1 Å². The van der Waals surface area contributed by atoms with E-state index >= 15 is 0 Å². The molecule has 0 aromatic heterocycles. The third-order valence-corrected chi connectivity index (χ3v) is 3.52. The monoisotopic (exact) mass is 258 g/mol. The van der Waals surface area contributed by atoms with Crippen LogP contribution in [0.2, 0.25) is 0 Å². The van der Waals surface area contributed by atoms with Gasteiger partial charge in [-0.2, -0.15) is 0 Å². The van der Waals surface area contributed by atoms with E-state index in [1.165, 1.54) is 57.8 Å². The Hall–Kier alpha value is -0.230. The van der Waals surface area contributed by atoms with E-state index in [4.69, 9.17) is 0 Å². The molecule has 0 fully saturated rings. The van der Waals surface area contributed by atoms with Crippen LogP contribution < -0.4 is 0 Å². The summed E-state index contributed by atoms with van der Waals surface area (Å²) in [4.78, 5) is 10.7. The molecule has 3 heteroatoms. The van der Waals surface area contributed by atoms with Gasteiger partial charge < -0.3 is 0 Å². The number of rotatable bonds is 13. The number of hydrogen-bond donors (Lipinski definition) is 0. The minimum Gasteiger partial charge on any atom is -0.286 e. The third-order valence-electron chi connectivity index (χ3n) is 3.10. The van der Waals surface area contributed by atoms with Gasteiger partial charge in [-0.15, -0.1) is 0 Å². The maximum Gasteiger partial charge on any atom is 0.231 e. The molecule has 0 bridgehead atoms. The van der Waals surface area contributed by atoms with Gasteiger partial charge in [-0.05, 0) is 6.42 Å². The van der Waals surface area contributed by atoms with E-state index in [1.54, 1.807) is 0 Å². The Morgan fingerprint density at radius 2 is 1.18 bits per heavy atom. The molecule has 0 unspecified atom stereocenters. The molecular weight excluding hydrogens is 231 g/mol. The molecular formula is C14H27O2P. The van der Waals surface area contributed by atoms with Gasteiger partial charge in [-0.1, -0.05) is 71.1 Å². The third kappa shape index (κ3) is 13.7. The lowest BCUT2D eigenvalue weighted by molar-refractivity contribution is -0.111. The quantitative estimate of drug-likeness (QED) is 0.322. The fourth-order valence-electron chi connectivity index (χ4n) is 1.99. The predicted molar refractivity (Wildman–Crippen MR) is 73.7 cm³/mol. The Kier molecular flexibility index (Phi) is 13.6. The molecule has 0 aromatic rings. The average molecular weight is 258 g/mol.